The Morgan fingerprint density at radius 1 is 1.07 bits per heavy atom. The van der Waals surface area contributed by atoms with E-state index in [4.69, 9.17) is 4.52 Å². The predicted octanol–water partition coefficient (Wildman–Crippen LogP) is 2.20. The number of aromatic nitrogens is 7. The van der Waals surface area contributed by atoms with Crippen molar-refractivity contribution in [1.29, 1.82) is 0 Å². The minimum absolute atomic E-state index is 0.117. The molecule has 28 heavy (non-hydrogen) atoms. The molecule has 0 aliphatic heterocycles. The van der Waals surface area contributed by atoms with Gasteiger partial charge < -0.3 is 4.52 Å². The molecule has 0 unspecified atom stereocenters. The topological polar surface area (TPSA) is 105 Å². The Hall–Kier alpha value is -3.66. The lowest BCUT2D eigenvalue weighted by Crippen LogP contribution is -2.21. The van der Waals surface area contributed by atoms with Gasteiger partial charge in [0.05, 0.1) is 11.4 Å². The fourth-order valence-corrected chi connectivity index (χ4v) is 3.48. The number of fused-ring (bicyclic) bond motifs is 1. The van der Waals surface area contributed by atoms with E-state index in [1.165, 1.54) is 22.2 Å². The van der Waals surface area contributed by atoms with Crippen LogP contribution in [-0.2, 0) is 13.1 Å². The third-order valence-corrected chi connectivity index (χ3v) is 5.05. The highest BCUT2D eigenvalue weighted by Gasteiger charge is 2.15. The molecule has 9 nitrogen and oxygen atoms in total. The van der Waals surface area contributed by atoms with Crippen LogP contribution in [0.25, 0.3) is 21.9 Å². The Kier molecular flexibility index (Phi) is 4.02. The largest absolute Gasteiger partial charge is 0.337 e. The van der Waals surface area contributed by atoms with Crippen LogP contribution in [0.2, 0.25) is 0 Å². The number of nitrogens with zero attached hydrogens (tertiary/aromatic N) is 7. The summed E-state index contributed by atoms with van der Waals surface area (Å²) < 4.78 is 8.25. The number of hydrogen-bond donors (Lipinski definition) is 0. The third kappa shape index (κ3) is 2.99. The lowest BCUT2D eigenvalue weighted by Gasteiger charge is -2.03. The highest BCUT2D eigenvalue weighted by atomic mass is 32.1. The monoisotopic (exact) mass is 391 g/mol. The molecular formula is C18H13N7O2S. The maximum Gasteiger partial charge on any atom is 0.283 e. The fourth-order valence-electron chi connectivity index (χ4n) is 2.83. The minimum Gasteiger partial charge on any atom is -0.337 e. The summed E-state index contributed by atoms with van der Waals surface area (Å²) in [7, 11) is 0. The molecule has 0 aliphatic rings. The Morgan fingerprint density at radius 3 is 2.79 bits per heavy atom. The number of rotatable bonds is 5. The molecule has 5 aromatic rings. The summed E-state index contributed by atoms with van der Waals surface area (Å²) in [5, 5.41) is 14.0. The molecule has 0 spiro atoms. The Bertz CT molecular complexity index is 1290. The molecule has 0 fully saturated rings. The van der Waals surface area contributed by atoms with E-state index >= 15 is 0 Å². The lowest BCUT2D eigenvalue weighted by atomic mass is 10.2. The molecule has 10 heteroatoms. The fraction of sp³-hybridized carbons (Fsp3) is 0.111. The summed E-state index contributed by atoms with van der Waals surface area (Å²) in [5.41, 5.74) is 1.39. The van der Waals surface area contributed by atoms with Crippen LogP contribution < -0.4 is 5.56 Å². The lowest BCUT2D eigenvalue weighted by molar-refractivity contribution is 0.369. The molecular weight excluding hydrogens is 378 g/mol. The number of benzene rings is 1. The van der Waals surface area contributed by atoms with Gasteiger partial charge >= 0.3 is 0 Å². The van der Waals surface area contributed by atoms with Crippen LogP contribution in [0.3, 0.4) is 0 Å². The maximum atomic E-state index is 12.8. The van der Waals surface area contributed by atoms with Gasteiger partial charge in [-0.1, -0.05) is 46.8 Å². The van der Waals surface area contributed by atoms with Crippen LogP contribution in [0, 0.1) is 0 Å². The van der Waals surface area contributed by atoms with Crippen molar-refractivity contribution < 1.29 is 4.52 Å². The van der Waals surface area contributed by atoms with E-state index in [1.54, 1.807) is 4.68 Å². The SMILES string of the molecule is O=c1c2nnn(Cc3ccccc3)c2ncn1Cc1nc(-c2cccs2)no1. The van der Waals surface area contributed by atoms with E-state index in [-0.39, 0.29) is 17.6 Å². The average Bonchev–Trinajstić information content (AvgIpc) is 3.46. The van der Waals surface area contributed by atoms with E-state index in [1.807, 2.05) is 47.8 Å². The second-order valence-electron chi connectivity index (χ2n) is 6.07. The normalized spacial score (nSPS) is 11.3. The van der Waals surface area contributed by atoms with Crippen molar-refractivity contribution in [2.45, 2.75) is 13.1 Å². The van der Waals surface area contributed by atoms with Crippen molar-refractivity contribution in [3.63, 3.8) is 0 Å². The molecule has 0 radical (unpaired) electrons. The molecule has 0 saturated heterocycles. The predicted molar refractivity (Wildman–Crippen MR) is 102 cm³/mol. The van der Waals surface area contributed by atoms with E-state index < -0.39 is 0 Å². The van der Waals surface area contributed by atoms with Crippen LogP contribution in [-0.4, -0.2) is 34.7 Å². The van der Waals surface area contributed by atoms with E-state index in [9.17, 15) is 4.79 Å². The van der Waals surface area contributed by atoms with Crippen LogP contribution in [0.4, 0.5) is 0 Å². The van der Waals surface area contributed by atoms with Crippen molar-refractivity contribution in [1.82, 2.24) is 34.7 Å². The minimum atomic E-state index is -0.305. The van der Waals surface area contributed by atoms with Crippen molar-refractivity contribution in [3.05, 3.63) is 76.0 Å². The van der Waals surface area contributed by atoms with Crippen LogP contribution >= 0.6 is 11.3 Å². The van der Waals surface area contributed by atoms with E-state index in [2.05, 4.69) is 25.4 Å². The molecule has 0 atom stereocenters. The van der Waals surface area contributed by atoms with E-state index in [0.717, 1.165) is 10.4 Å². The van der Waals surface area contributed by atoms with Crippen molar-refractivity contribution in [3.8, 4) is 10.7 Å². The average molecular weight is 391 g/mol. The second kappa shape index (κ2) is 6.82. The van der Waals surface area contributed by atoms with Gasteiger partial charge in [0.2, 0.25) is 11.7 Å². The molecule has 0 amide bonds. The molecule has 138 valence electrons. The first-order valence-corrected chi connectivity index (χ1v) is 9.35. The van der Waals surface area contributed by atoms with Gasteiger partial charge in [0.25, 0.3) is 5.56 Å². The molecule has 0 aliphatic carbocycles. The van der Waals surface area contributed by atoms with Gasteiger partial charge in [-0.25, -0.2) is 9.67 Å². The number of thiophene rings is 1. The highest BCUT2D eigenvalue weighted by molar-refractivity contribution is 7.13. The zero-order chi connectivity index (χ0) is 18.9. The molecule has 0 saturated carbocycles. The van der Waals surface area contributed by atoms with Crippen LogP contribution in [0.5, 0.6) is 0 Å². The van der Waals surface area contributed by atoms with Crippen molar-refractivity contribution >= 4 is 22.5 Å². The Morgan fingerprint density at radius 2 is 1.96 bits per heavy atom. The second-order valence-corrected chi connectivity index (χ2v) is 7.02. The molecule has 0 bridgehead atoms. The zero-order valence-electron chi connectivity index (χ0n) is 14.5. The third-order valence-electron chi connectivity index (χ3n) is 4.18. The van der Waals surface area contributed by atoms with Gasteiger partial charge in [-0.05, 0) is 17.0 Å². The van der Waals surface area contributed by atoms with Gasteiger partial charge in [-0.3, -0.25) is 9.36 Å². The summed E-state index contributed by atoms with van der Waals surface area (Å²) in [6.07, 6.45) is 1.45. The van der Waals surface area contributed by atoms with Gasteiger partial charge in [0.1, 0.15) is 12.9 Å². The molecule has 4 heterocycles. The molecule has 0 N–H and O–H groups in total. The van der Waals surface area contributed by atoms with Gasteiger partial charge in [-0.15, -0.1) is 16.4 Å². The summed E-state index contributed by atoms with van der Waals surface area (Å²) in [4.78, 5) is 22.4. The molecule has 1 aromatic carbocycles. The Labute approximate surface area is 161 Å². The van der Waals surface area contributed by atoms with Gasteiger partial charge in [0, 0.05) is 0 Å². The molecule has 5 rings (SSSR count). The first-order chi connectivity index (χ1) is 13.8. The first-order valence-electron chi connectivity index (χ1n) is 8.47. The van der Waals surface area contributed by atoms with E-state index in [0.29, 0.717) is 23.9 Å². The zero-order valence-corrected chi connectivity index (χ0v) is 15.3. The van der Waals surface area contributed by atoms with Crippen LogP contribution in [0.1, 0.15) is 11.5 Å². The summed E-state index contributed by atoms with van der Waals surface area (Å²) in [6, 6.07) is 13.6. The number of hydrogen-bond acceptors (Lipinski definition) is 8. The highest BCUT2D eigenvalue weighted by Crippen LogP contribution is 2.21. The standard InChI is InChI=1S/C18H13N7O2S/c26-18-15-17(25(23-21-15)9-12-5-2-1-3-6-12)19-11-24(18)10-14-20-16(22-27-14)13-7-4-8-28-13/h1-8,11H,9-10H2. The van der Waals surface area contributed by atoms with Gasteiger partial charge in [-0.2, -0.15) is 4.98 Å². The quantitative estimate of drug-likeness (QED) is 0.452. The van der Waals surface area contributed by atoms with Crippen molar-refractivity contribution in [2.75, 3.05) is 0 Å². The Balaban J connectivity index is 1.44. The first kappa shape index (κ1) is 16.5. The van der Waals surface area contributed by atoms with Crippen molar-refractivity contribution in [2.24, 2.45) is 0 Å². The summed E-state index contributed by atoms with van der Waals surface area (Å²) >= 11 is 1.52. The summed E-state index contributed by atoms with van der Waals surface area (Å²) in [6.45, 7) is 0.604. The molecule has 4 aromatic heterocycles. The smallest absolute Gasteiger partial charge is 0.283 e. The van der Waals surface area contributed by atoms with Gasteiger partial charge in [0.15, 0.2) is 11.2 Å². The van der Waals surface area contributed by atoms with Crippen LogP contribution in [0.15, 0.2) is 63.5 Å². The maximum absolute atomic E-state index is 12.8. The summed E-state index contributed by atoms with van der Waals surface area (Å²) in [5.74, 6) is 0.823.